The quantitative estimate of drug-likeness (QED) is 0.784. The standard InChI is InChI=1S/C18H24ClN7O2/c1-10-12-4-11(18(12,2)3)5-13(10)23-14-6-22-26(17(28)16(14)19)7-15(27)24-25-8-20-21-9-25/h6,8-13,23H,4-5,7H2,1-3H3,(H,24,27)/t10-,11?,12?,13-/m1/s1. The summed E-state index contributed by atoms with van der Waals surface area (Å²) in [6.45, 7) is 6.70. The number of nitrogens with zero attached hydrogens (tertiary/aromatic N) is 5. The molecule has 28 heavy (non-hydrogen) atoms. The van der Waals surface area contributed by atoms with E-state index in [1.165, 1.54) is 29.9 Å². The molecule has 0 spiro atoms. The van der Waals surface area contributed by atoms with Gasteiger partial charge in [0.05, 0.1) is 11.9 Å². The van der Waals surface area contributed by atoms with Crippen molar-refractivity contribution < 1.29 is 4.79 Å². The fraction of sp³-hybridized carbons (Fsp3) is 0.611. The van der Waals surface area contributed by atoms with E-state index in [0.717, 1.165) is 11.1 Å². The first-order chi connectivity index (χ1) is 13.3. The summed E-state index contributed by atoms with van der Waals surface area (Å²) in [5.41, 5.74) is 2.93. The summed E-state index contributed by atoms with van der Waals surface area (Å²) < 4.78 is 2.33. The maximum absolute atomic E-state index is 12.5. The van der Waals surface area contributed by atoms with E-state index in [-0.39, 0.29) is 17.6 Å². The predicted molar refractivity (Wildman–Crippen MR) is 104 cm³/mol. The topological polar surface area (TPSA) is 107 Å². The molecule has 2 unspecified atom stereocenters. The summed E-state index contributed by atoms with van der Waals surface area (Å²) in [5, 5.41) is 14.8. The Labute approximate surface area is 167 Å². The maximum atomic E-state index is 12.5. The van der Waals surface area contributed by atoms with Crippen LogP contribution in [-0.2, 0) is 11.3 Å². The summed E-state index contributed by atoms with van der Waals surface area (Å²) in [4.78, 5) is 24.6. The maximum Gasteiger partial charge on any atom is 0.288 e. The monoisotopic (exact) mass is 405 g/mol. The first-order valence-corrected chi connectivity index (χ1v) is 9.81. The highest BCUT2D eigenvalue weighted by atomic mass is 35.5. The molecule has 0 aromatic carbocycles. The molecule has 3 fully saturated rings. The van der Waals surface area contributed by atoms with Crippen LogP contribution in [0.4, 0.5) is 5.69 Å². The van der Waals surface area contributed by atoms with Crippen LogP contribution in [0.15, 0.2) is 23.6 Å². The lowest BCUT2D eigenvalue weighted by Gasteiger charge is -2.62. The molecule has 3 saturated carbocycles. The van der Waals surface area contributed by atoms with Crippen LogP contribution in [-0.4, -0.2) is 36.6 Å². The zero-order chi connectivity index (χ0) is 20.1. The van der Waals surface area contributed by atoms with E-state index >= 15 is 0 Å². The smallest absolute Gasteiger partial charge is 0.288 e. The number of carbonyl (C=O) groups is 1. The Morgan fingerprint density at radius 2 is 2.04 bits per heavy atom. The number of amides is 1. The molecule has 0 saturated heterocycles. The Morgan fingerprint density at radius 1 is 1.32 bits per heavy atom. The highest BCUT2D eigenvalue weighted by molar-refractivity contribution is 6.32. The van der Waals surface area contributed by atoms with Crippen molar-refractivity contribution in [2.24, 2.45) is 23.2 Å². The molecule has 5 rings (SSSR count). The van der Waals surface area contributed by atoms with Gasteiger partial charge in [0.1, 0.15) is 24.2 Å². The Kier molecular flexibility index (Phi) is 4.65. The van der Waals surface area contributed by atoms with E-state index in [4.69, 9.17) is 11.6 Å². The average Bonchev–Trinajstić information content (AvgIpc) is 3.15. The summed E-state index contributed by atoms with van der Waals surface area (Å²) >= 11 is 6.30. The lowest BCUT2D eigenvalue weighted by Crippen LogP contribution is -2.58. The van der Waals surface area contributed by atoms with Crippen molar-refractivity contribution >= 4 is 23.2 Å². The Morgan fingerprint density at radius 3 is 2.68 bits per heavy atom. The van der Waals surface area contributed by atoms with Crippen LogP contribution < -0.4 is 16.3 Å². The van der Waals surface area contributed by atoms with E-state index in [9.17, 15) is 9.59 Å². The van der Waals surface area contributed by atoms with Gasteiger partial charge < -0.3 is 5.32 Å². The average molecular weight is 406 g/mol. The lowest BCUT2D eigenvalue weighted by atomic mass is 9.45. The van der Waals surface area contributed by atoms with E-state index in [1.54, 1.807) is 0 Å². The number of hydrogen-bond acceptors (Lipinski definition) is 6. The first-order valence-electron chi connectivity index (χ1n) is 9.44. The molecule has 2 aromatic rings. The highest BCUT2D eigenvalue weighted by Crippen LogP contribution is 2.61. The van der Waals surface area contributed by atoms with Crippen molar-refractivity contribution in [1.82, 2.24) is 24.7 Å². The molecule has 0 radical (unpaired) electrons. The van der Waals surface area contributed by atoms with Gasteiger partial charge in [-0.2, -0.15) is 5.10 Å². The molecular weight excluding hydrogens is 382 g/mol. The Bertz CT molecular complexity index is 940. The molecule has 3 aliphatic rings. The third-order valence-corrected chi connectivity index (χ3v) is 7.01. The predicted octanol–water partition coefficient (Wildman–Crippen LogP) is 1.74. The molecule has 2 N–H and O–H groups in total. The second-order valence-corrected chi connectivity index (χ2v) is 8.82. The van der Waals surface area contributed by atoms with E-state index in [2.05, 4.69) is 46.8 Å². The molecule has 4 atom stereocenters. The van der Waals surface area contributed by atoms with Gasteiger partial charge in [-0.3, -0.25) is 15.0 Å². The van der Waals surface area contributed by atoms with Gasteiger partial charge in [-0.25, -0.2) is 9.36 Å². The molecule has 2 aromatic heterocycles. The minimum Gasteiger partial charge on any atom is -0.379 e. The number of nitrogens with one attached hydrogen (secondary N) is 2. The Hall–Kier alpha value is -2.42. The van der Waals surface area contributed by atoms with Crippen LogP contribution in [0.3, 0.4) is 0 Å². The summed E-state index contributed by atoms with van der Waals surface area (Å²) in [5.74, 6) is 1.43. The summed E-state index contributed by atoms with van der Waals surface area (Å²) in [6.07, 6.45) is 6.54. The molecule has 2 bridgehead atoms. The molecule has 3 aliphatic carbocycles. The van der Waals surface area contributed by atoms with Crippen LogP contribution >= 0.6 is 11.6 Å². The van der Waals surface area contributed by atoms with Gasteiger partial charge >= 0.3 is 0 Å². The van der Waals surface area contributed by atoms with Gasteiger partial charge in [0.25, 0.3) is 11.5 Å². The summed E-state index contributed by atoms with van der Waals surface area (Å²) in [7, 11) is 0. The van der Waals surface area contributed by atoms with Gasteiger partial charge in [-0.1, -0.05) is 32.4 Å². The van der Waals surface area contributed by atoms with Crippen molar-refractivity contribution in [3.8, 4) is 0 Å². The molecule has 0 aliphatic heterocycles. The second-order valence-electron chi connectivity index (χ2n) is 8.45. The van der Waals surface area contributed by atoms with Crippen LogP contribution in [0.2, 0.25) is 5.02 Å². The fourth-order valence-corrected chi connectivity index (χ4v) is 4.99. The normalized spacial score (nSPS) is 27.7. The molecule has 10 heteroatoms. The second kappa shape index (κ2) is 6.88. The number of rotatable bonds is 5. The number of aromatic nitrogens is 5. The zero-order valence-corrected chi connectivity index (χ0v) is 16.8. The number of fused-ring (bicyclic) bond motifs is 2. The van der Waals surface area contributed by atoms with E-state index in [0.29, 0.717) is 28.9 Å². The van der Waals surface area contributed by atoms with Crippen LogP contribution in [0.25, 0.3) is 0 Å². The van der Waals surface area contributed by atoms with Crippen molar-refractivity contribution in [3.63, 3.8) is 0 Å². The van der Waals surface area contributed by atoms with Crippen molar-refractivity contribution in [1.29, 1.82) is 0 Å². The Balaban J connectivity index is 1.45. The SMILES string of the molecule is C[C@@H]1C2CC(C[C@H]1Nc1cnn(CC(=O)Nn3cnnc3)c(=O)c1Cl)C2(C)C. The van der Waals surface area contributed by atoms with Gasteiger partial charge in [0.2, 0.25) is 0 Å². The first kappa shape index (κ1) is 18.9. The molecule has 2 heterocycles. The van der Waals surface area contributed by atoms with Crippen molar-refractivity contribution in [2.75, 3.05) is 10.7 Å². The number of halogens is 1. The third kappa shape index (κ3) is 3.17. The minimum atomic E-state index is -0.500. The largest absolute Gasteiger partial charge is 0.379 e. The number of carbonyl (C=O) groups excluding carboxylic acids is 1. The molecule has 1 amide bonds. The van der Waals surface area contributed by atoms with Gasteiger partial charge in [-0.15, -0.1) is 10.2 Å². The van der Waals surface area contributed by atoms with Crippen LogP contribution in [0.1, 0.15) is 33.6 Å². The van der Waals surface area contributed by atoms with Gasteiger partial charge in [0, 0.05) is 6.04 Å². The van der Waals surface area contributed by atoms with Crippen molar-refractivity contribution in [3.05, 3.63) is 34.2 Å². The van der Waals surface area contributed by atoms with Crippen molar-refractivity contribution in [2.45, 2.75) is 46.2 Å². The van der Waals surface area contributed by atoms with E-state index < -0.39 is 11.5 Å². The van der Waals surface area contributed by atoms with Gasteiger partial charge in [-0.05, 0) is 36.0 Å². The fourth-order valence-electron chi connectivity index (χ4n) is 4.79. The molecule has 150 valence electrons. The third-order valence-electron chi connectivity index (χ3n) is 6.65. The minimum absolute atomic E-state index is 0.0535. The number of anilines is 1. The van der Waals surface area contributed by atoms with Crippen LogP contribution in [0, 0.1) is 23.2 Å². The van der Waals surface area contributed by atoms with E-state index in [1.807, 2.05) is 0 Å². The molecular formula is C18H24ClN7O2. The summed E-state index contributed by atoms with van der Waals surface area (Å²) in [6, 6.07) is 0.267. The zero-order valence-electron chi connectivity index (χ0n) is 16.1. The van der Waals surface area contributed by atoms with Crippen LogP contribution in [0.5, 0.6) is 0 Å². The molecule has 9 nitrogen and oxygen atoms in total. The van der Waals surface area contributed by atoms with Gasteiger partial charge in [0.15, 0.2) is 0 Å². The lowest BCUT2D eigenvalue weighted by molar-refractivity contribution is -0.117. The highest BCUT2D eigenvalue weighted by Gasteiger charge is 2.56. The number of hydrogen-bond donors (Lipinski definition) is 2.